The quantitative estimate of drug-likeness (QED) is 0.615. The van der Waals surface area contributed by atoms with Crippen LogP contribution in [0.15, 0.2) is 18.2 Å². The van der Waals surface area contributed by atoms with Gasteiger partial charge in [0.15, 0.2) is 0 Å². The summed E-state index contributed by atoms with van der Waals surface area (Å²) in [7, 11) is 0. The highest BCUT2D eigenvalue weighted by atomic mass is 35.5. The van der Waals surface area contributed by atoms with Crippen molar-refractivity contribution < 1.29 is 0 Å². The van der Waals surface area contributed by atoms with Gasteiger partial charge < -0.3 is 11.1 Å². The molecule has 2 nitrogen and oxygen atoms in total. The Hall–Kier alpha value is -0.800. The predicted molar refractivity (Wildman–Crippen MR) is 70.7 cm³/mol. The maximum Gasteiger partial charge on any atom is 0.106 e. The summed E-state index contributed by atoms with van der Waals surface area (Å²) in [5.41, 5.74) is 7.39. The van der Waals surface area contributed by atoms with E-state index in [2.05, 4.69) is 12.2 Å². The molecule has 3 N–H and O–H groups in total. The number of anilines is 1. The molecule has 0 aliphatic carbocycles. The molecule has 1 rings (SSSR count). The molecule has 4 heteroatoms. The van der Waals surface area contributed by atoms with Gasteiger partial charge in [-0.25, -0.2) is 0 Å². The molecule has 0 aliphatic heterocycles. The van der Waals surface area contributed by atoms with E-state index >= 15 is 0 Å². The minimum Gasteiger partial charge on any atom is -0.389 e. The van der Waals surface area contributed by atoms with Crippen molar-refractivity contribution in [3.05, 3.63) is 28.8 Å². The van der Waals surface area contributed by atoms with Crippen LogP contribution < -0.4 is 11.1 Å². The van der Waals surface area contributed by atoms with E-state index in [1.807, 2.05) is 12.1 Å². The van der Waals surface area contributed by atoms with Crippen LogP contribution >= 0.6 is 23.8 Å². The van der Waals surface area contributed by atoms with Crippen LogP contribution in [0, 0.1) is 0 Å². The average Bonchev–Trinajstić information content (AvgIpc) is 2.18. The first kappa shape index (κ1) is 12.3. The monoisotopic (exact) mass is 242 g/mol. The number of nitrogens with two attached hydrogens (primary N) is 1. The molecule has 82 valence electrons. The number of unbranched alkanes of at least 4 members (excludes halogenated alkanes) is 1. The number of nitrogens with one attached hydrogen (secondary N) is 1. The van der Waals surface area contributed by atoms with Crippen LogP contribution in [0.1, 0.15) is 25.3 Å². The summed E-state index contributed by atoms with van der Waals surface area (Å²) >= 11 is 10.9. The lowest BCUT2D eigenvalue weighted by Gasteiger charge is -2.11. The summed E-state index contributed by atoms with van der Waals surface area (Å²) in [6.07, 6.45) is 2.26. The summed E-state index contributed by atoms with van der Waals surface area (Å²) in [5.74, 6) is 0. The SMILES string of the molecule is CCCCNc1cc(Cl)ccc1C(N)=S. The molecular weight excluding hydrogens is 228 g/mol. The van der Waals surface area contributed by atoms with Crippen LogP contribution in [0.4, 0.5) is 5.69 Å². The lowest BCUT2D eigenvalue weighted by atomic mass is 10.1. The highest BCUT2D eigenvalue weighted by Gasteiger charge is 2.04. The molecule has 0 aromatic heterocycles. The molecule has 0 heterocycles. The van der Waals surface area contributed by atoms with Gasteiger partial charge in [-0.05, 0) is 24.6 Å². The second kappa shape index (κ2) is 5.93. The molecule has 0 radical (unpaired) electrons. The number of halogens is 1. The summed E-state index contributed by atoms with van der Waals surface area (Å²) in [4.78, 5) is 0.394. The molecule has 1 aromatic carbocycles. The summed E-state index contributed by atoms with van der Waals surface area (Å²) in [6, 6.07) is 5.49. The van der Waals surface area contributed by atoms with Gasteiger partial charge in [0.05, 0.1) is 0 Å². The molecular formula is C11H15ClN2S. The Bertz CT molecular complexity index is 352. The van der Waals surface area contributed by atoms with Gasteiger partial charge in [0.2, 0.25) is 0 Å². The summed E-state index contributed by atoms with van der Waals surface area (Å²) in [5, 5.41) is 3.97. The average molecular weight is 243 g/mol. The van der Waals surface area contributed by atoms with Crippen molar-refractivity contribution >= 4 is 34.5 Å². The highest BCUT2D eigenvalue weighted by Crippen LogP contribution is 2.21. The molecule has 0 aliphatic rings. The molecule has 0 unspecified atom stereocenters. The van der Waals surface area contributed by atoms with Crippen LogP contribution in [0.2, 0.25) is 5.02 Å². The molecule has 0 atom stereocenters. The van der Waals surface area contributed by atoms with Gasteiger partial charge in [0.1, 0.15) is 4.99 Å². The third-order valence-corrected chi connectivity index (χ3v) is 2.55. The number of hydrogen-bond donors (Lipinski definition) is 2. The van der Waals surface area contributed by atoms with Crippen molar-refractivity contribution in [2.75, 3.05) is 11.9 Å². The van der Waals surface area contributed by atoms with Crippen molar-refractivity contribution in [3.63, 3.8) is 0 Å². The van der Waals surface area contributed by atoms with Crippen LogP contribution in [-0.4, -0.2) is 11.5 Å². The Morgan fingerprint density at radius 1 is 1.53 bits per heavy atom. The van der Waals surface area contributed by atoms with Crippen LogP contribution in [0.5, 0.6) is 0 Å². The van der Waals surface area contributed by atoms with E-state index in [0.717, 1.165) is 30.6 Å². The van der Waals surface area contributed by atoms with Gasteiger partial charge in [0.25, 0.3) is 0 Å². The zero-order valence-electron chi connectivity index (χ0n) is 8.72. The molecule has 0 saturated carbocycles. The van der Waals surface area contributed by atoms with Gasteiger partial charge in [-0.2, -0.15) is 0 Å². The Kier molecular flexibility index (Phi) is 4.85. The van der Waals surface area contributed by atoms with Crippen molar-refractivity contribution in [1.82, 2.24) is 0 Å². The van der Waals surface area contributed by atoms with E-state index in [4.69, 9.17) is 29.6 Å². The number of rotatable bonds is 5. The first-order valence-corrected chi connectivity index (χ1v) is 5.77. The Morgan fingerprint density at radius 2 is 2.27 bits per heavy atom. The van der Waals surface area contributed by atoms with E-state index in [1.54, 1.807) is 6.07 Å². The second-order valence-electron chi connectivity index (χ2n) is 3.33. The fourth-order valence-electron chi connectivity index (χ4n) is 1.28. The van der Waals surface area contributed by atoms with Crippen LogP contribution in [0.25, 0.3) is 0 Å². The molecule has 0 bridgehead atoms. The first-order chi connectivity index (χ1) is 7.15. The fourth-order valence-corrected chi connectivity index (χ4v) is 1.63. The lowest BCUT2D eigenvalue weighted by molar-refractivity contribution is 0.834. The van der Waals surface area contributed by atoms with Crippen LogP contribution in [-0.2, 0) is 0 Å². The minimum absolute atomic E-state index is 0.394. The number of thiocarbonyl (C=S) groups is 1. The number of benzene rings is 1. The minimum atomic E-state index is 0.394. The molecule has 15 heavy (non-hydrogen) atoms. The zero-order chi connectivity index (χ0) is 11.3. The topological polar surface area (TPSA) is 38.0 Å². The van der Waals surface area contributed by atoms with E-state index in [0.29, 0.717) is 10.0 Å². The molecule has 0 spiro atoms. The van der Waals surface area contributed by atoms with Gasteiger partial charge in [-0.1, -0.05) is 37.2 Å². The van der Waals surface area contributed by atoms with Crippen molar-refractivity contribution in [1.29, 1.82) is 0 Å². The van der Waals surface area contributed by atoms with Gasteiger partial charge in [-0.3, -0.25) is 0 Å². The fraction of sp³-hybridized carbons (Fsp3) is 0.364. The third-order valence-electron chi connectivity index (χ3n) is 2.09. The van der Waals surface area contributed by atoms with E-state index in [9.17, 15) is 0 Å². The molecule has 0 fully saturated rings. The largest absolute Gasteiger partial charge is 0.389 e. The molecule has 0 saturated heterocycles. The second-order valence-corrected chi connectivity index (χ2v) is 4.21. The van der Waals surface area contributed by atoms with Crippen molar-refractivity contribution in [3.8, 4) is 0 Å². The van der Waals surface area contributed by atoms with Gasteiger partial charge in [0, 0.05) is 22.8 Å². The van der Waals surface area contributed by atoms with Crippen molar-refractivity contribution in [2.24, 2.45) is 5.73 Å². The molecule has 1 aromatic rings. The van der Waals surface area contributed by atoms with Crippen LogP contribution in [0.3, 0.4) is 0 Å². The van der Waals surface area contributed by atoms with E-state index < -0.39 is 0 Å². The maximum absolute atomic E-state index is 5.91. The third kappa shape index (κ3) is 3.68. The Labute approximate surface area is 101 Å². The summed E-state index contributed by atoms with van der Waals surface area (Å²) in [6.45, 7) is 3.06. The maximum atomic E-state index is 5.91. The van der Waals surface area contributed by atoms with Gasteiger partial charge >= 0.3 is 0 Å². The molecule has 0 amide bonds. The standard InChI is InChI=1S/C11H15ClN2S/c1-2-3-6-14-10-7-8(12)4-5-9(10)11(13)15/h4-5,7,14H,2-3,6H2,1H3,(H2,13,15). The normalized spacial score (nSPS) is 10.0. The lowest BCUT2D eigenvalue weighted by Crippen LogP contribution is -2.13. The predicted octanol–water partition coefficient (Wildman–Crippen LogP) is 3.19. The zero-order valence-corrected chi connectivity index (χ0v) is 10.3. The Balaban J connectivity index is 2.82. The smallest absolute Gasteiger partial charge is 0.106 e. The van der Waals surface area contributed by atoms with E-state index in [-0.39, 0.29) is 0 Å². The number of hydrogen-bond acceptors (Lipinski definition) is 2. The van der Waals surface area contributed by atoms with E-state index in [1.165, 1.54) is 0 Å². The highest BCUT2D eigenvalue weighted by molar-refractivity contribution is 7.80. The first-order valence-electron chi connectivity index (χ1n) is 4.98. The Morgan fingerprint density at radius 3 is 2.87 bits per heavy atom. The van der Waals surface area contributed by atoms with Gasteiger partial charge in [-0.15, -0.1) is 0 Å². The van der Waals surface area contributed by atoms with Crippen molar-refractivity contribution in [2.45, 2.75) is 19.8 Å². The summed E-state index contributed by atoms with van der Waals surface area (Å²) < 4.78 is 0.